The Bertz CT molecular complexity index is 773. The second-order valence-electron chi connectivity index (χ2n) is 6.09. The standard InChI is InChI=1S/C21H24N2O4/c1-3-16-9-11-17(12-10-16)15(2)23-19(24)14-27-20(25)13-22-21(26)18-7-5-4-6-8-18/h4-12,15H,3,13-14H2,1-2H3,(H,22,26)(H,23,24)/t15-/m1/s1. The lowest BCUT2D eigenvalue weighted by molar-refractivity contribution is -0.147. The van der Waals surface area contributed by atoms with Gasteiger partial charge in [0.15, 0.2) is 6.61 Å². The lowest BCUT2D eigenvalue weighted by atomic mass is 10.1. The lowest BCUT2D eigenvalue weighted by Gasteiger charge is -2.15. The van der Waals surface area contributed by atoms with Crippen LogP contribution in [-0.2, 0) is 20.7 Å². The molecule has 0 saturated carbocycles. The third-order valence-corrected chi connectivity index (χ3v) is 4.06. The van der Waals surface area contributed by atoms with Crippen LogP contribution < -0.4 is 10.6 Å². The Morgan fingerprint density at radius 3 is 2.30 bits per heavy atom. The van der Waals surface area contributed by atoms with Gasteiger partial charge in [0, 0.05) is 5.56 Å². The number of carbonyl (C=O) groups excluding carboxylic acids is 3. The SMILES string of the molecule is CCc1ccc([C@@H](C)NC(=O)COC(=O)CNC(=O)c2ccccc2)cc1. The maximum absolute atomic E-state index is 11.9. The maximum atomic E-state index is 11.9. The number of aryl methyl sites for hydroxylation is 1. The number of esters is 1. The van der Waals surface area contributed by atoms with Gasteiger partial charge in [0.25, 0.3) is 11.8 Å². The van der Waals surface area contributed by atoms with Crippen molar-refractivity contribution in [3.63, 3.8) is 0 Å². The number of nitrogens with one attached hydrogen (secondary N) is 2. The predicted molar refractivity (Wildman–Crippen MR) is 102 cm³/mol. The molecule has 0 aliphatic rings. The molecule has 142 valence electrons. The average Bonchev–Trinajstić information content (AvgIpc) is 2.71. The minimum atomic E-state index is -0.672. The lowest BCUT2D eigenvalue weighted by Crippen LogP contribution is -2.34. The summed E-state index contributed by atoms with van der Waals surface area (Å²) < 4.78 is 4.90. The fourth-order valence-electron chi connectivity index (χ4n) is 2.45. The topological polar surface area (TPSA) is 84.5 Å². The first-order valence-corrected chi connectivity index (χ1v) is 8.86. The molecule has 0 radical (unpaired) electrons. The summed E-state index contributed by atoms with van der Waals surface area (Å²) in [5.74, 6) is -1.44. The van der Waals surface area contributed by atoms with E-state index in [0.29, 0.717) is 5.56 Å². The molecule has 0 fully saturated rings. The molecule has 2 rings (SSSR count). The van der Waals surface area contributed by atoms with E-state index in [1.165, 1.54) is 5.56 Å². The van der Waals surface area contributed by atoms with Crippen molar-refractivity contribution in [2.75, 3.05) is 13.2 Å². The first-order chi connectivity index (χ1) is 13.0. The van der Waals surface area contributed by atoms with E-state index in [-0.39, 0.29) is 18.5 Å². The van der Waals surface area contributed by atoms with Gasteiger partial charge in [0.05, 0.1) is 6.04 Å². The van der Waals surface area contributed by atoms with Crippen LogP contribution in [0.2, 0.25) is 0 Å². The van der Waals surface area contributed by atoms with E-state index in [2.05, 4.69) is 17.6 Å². The smallest absolute Gasteiger partial charge is 0.325 e. The van der Waals surface area contributed by atoms with E-state index in [4.69, 9.17) is 4.74 Å². The van der Waals surface area contributed by atoms with E-state index in [1.807, 2.05) is 31.2 Å². The molecule has 0 aliphatic carbocycles. The van der Waals surface area contributed by atoms with Gasteiger partial charge < -0.3 is 15.4 Å². The molecule has 6 nitrogen and oxygen atoms in total. The molecule has 0 aromatic heterocycles. The van der Waals surface area contributed by atoms with Crippen molar-refractivity contribution < 1.29 is 19.1 Å². The van der Waals surface area contributed by atoms with Crippen LogP contribution in [0.5, 0.6) is 0 Å². The molecule has 0 saturated heterocycles. The number of hydrogen-bond donors (Lipinski definition) is 2. The van der Waals surface area contributed by atoms with Crippen LogP contribution in [0.1, 0.15) is 41.4 Å². The predicted octanol–water partition coefficient (Wildman–Crippen LogP) is 2.40. The molecule has 2 N–H and O–H groups in total. The number of ether oxygens (including phenoxy) is 1. The highest BCUT2D eigenvalue weighted by atomic mass is 16.5. The van der Waals surface area contributed by atoms with Gasteiger partial charge in [-0.15, -0.1) is 0 Å². The highest BCUT2D eigenvalue weighted by molar-refractivity contribution is 5.96. The summed E-state index contributed by atoms with van der Waals surface area (Å²) in [7, 11) is 0. The number of amides is 2. The molecule has 0 unspecified atom stereocenters. The highest BCUT2D eigenvalue weighted by Gasteiger charge is 2.13. The second kappa shape index (κ2) is 10.1. The quantitative estimate of drug-likeness (QED) is 0.701. The number of hydrogen-bond acceptors (Lipinski definition) is 4. The molecule has 6 heteroatoms. The van der Waals surface area contributed by atoms with Gasteiger partial charge in [-0.2, -0.15) is 0 Å². The zero-order chi connectivity index (χ0) is 19.6. The second-order valence-corrected chi connectivity index (χ2v) is 6.09. The molecule has 2 aromatic carbocycles. The largest absolute Gasteiger partial charge is 0.454 e. The third-order valence-electron chi connectivity index (χ3n) is 4.06. The maximum Gasteiger partial charge on any atom is 0.325 e. The molecule has 27 heavy (non-hydrogen) atoms. The first kappa shape index (κ1) is 20.2. The monoisotopic (exact) mass is 368 g/mol. The van der Waals surface area contributed by atoms with Gasteiger partial charge in [-0.05, 0) is 36.6 Å². The summed E-state index contributed by atoms with van der Waals surface area (Å²) in [6.07, 6.45) is 0.956. The zero-order valence-electron chi connectivity index (χ0n) is 15.5. The fraction of sp³-hybridized carbons (Fsp3) is 0.286. The Kier molecular flexibility index (Phi) is 7.55. The Morgan fingerprint density at radius 1 is 1.00 bits per heavy atom. The molecule has 0 bridgehead atoms. The minimum Gasteiger partial charge on any atom is -0.454 e. The van der Waals surface area contributed by atoms with Gasteiger partial charge in [-0.25, -0.2) is 0 Å². The molecule has 0 heterocycles. The van der Waals surface area contributed by atoms with Crippen molar-refractivity contribution in [1.82, 2.24) is 10.6 Å². The van der Waals surface area contributed by atoms with Crippen molar-refractivity contribution in [2.45, 2.75) is 26.3 Å². The number of carbonyl (C=O) groups is 3. The van der Waals surface area contributed by atoms with Crippen molar-refractivity contribution in [1.29, 1.82) is 0 Å². The minimum absolute atomic E-state index is 0.195. The highest BCUT2D eigenvalue weighted by Crippen LogP contribution is 2.13. The van der Waals surface area contributed by atoms with Crippen LogP contribution in [0.15, 0.2) is 54.6 Å². The Balaban J connectivity index is 1.71. The third kappa shape index (κ3) is 6.58. The van der Waals surface area contributed by atoms with Crippen LogP contribution in [0.4, 0.5) is 0 Å². The molecule has 2 amide bonds. The van der Waals surface area contributed by atoms with Crippen LogP contribution in [0, 0.1) is 0 Å². The Morgan fingerprint density at radius 2 is 1.67 bits per heavy atom. The Labute approximate surface area is 158 Å². The van der Waals surface area contributed by atoms with E-state index in [9.17, 15) is 14.4 Å². The number of rotatable bonds is 8. The van der Waals surface area contributed by atoms with Gasteiger partial charge in [0.1, 0.15) is 6.54 Å². The molecule has 1 atom stereocenters. The average molecular weight is 368 g/mol. The van der Waals surface area contributed by atoms with E-state index in [1.54, 1.807) is 30.3 Å². The molecule has 0 spiro atoms. The molecular formula is C21H24N2O4. The van der Waals surface area contributed by atoms with Crippen LogP contribution in [-0.4, -0.2) is 30.9 Å². The summed E-state index contributed by atoms with van der Waals surface area (Å²) in [5, 5.41) is 5.23. The molecular weight excluding hydrogens is 344 g/mol. The Hall–Kier alpha value is -3.15. The molecule has 2 aromatic rings. The van der Waals surface area contributed by atoms with E-state index >= 15 is 0 Å². The van der Waals surface area contributed by atoms with E-state index in [0.717, 1.165) is 12.0 Å². The van der Waals surface area contributed by atoms with E-state index < -0.39 is 18.5 Å². The van der Waals surface area contributed by atoms with Gasteiger partial charge in [-0.1, -0.05) is 49.4 Å². The van der Waals surface area contributed by atoms with Crippen molar-refractivity contribution in [3.8, 4) is 0 Å². The van der Waals surface area contributed by atoms with Crippen molar-refractivity contribution in [2.24, 2.45) is 0 Å². The van der Waals surface area contributed by atoms with Crippen LogP contribution in [0.25, 0.3) is 0 Å². The van der Waals surface area contributed by atoms with Crippen LogP contribution >= 0.6 is 0 Å². The van der Waals surface area contributed by atoms with Gasteiger partial charge >= 0.3 is 5.97 Å². The van der Waals surface area contributed by atoms with Crippen molar-refractivity contribution >= 4 is 17.8 Å². The van der Waals surface area contributed by atoms with Crippen LogP contribution in [0.3, 0.4) is 0 Å². The van der Waals surface area contributed by atoms with Gasteiger partial charge in [-0.3, -0.25) is 14.4 Å². The summed E-state index contributed by atoms with van der Waals surface area (Å²) in [6.45, 7) is 3.25. The fourth-order valence-corrected chi connectivity index (χ4v) is 2.45. The van der Waals surface area contributed by atoms with Gasteiger partial charge in [0.2, 0.25) is 0 Å². The summed E-state index contributed by atoms with van der Waals surface area (Å²) in [6, 6.07) is 16.3. The van der Waals surface area contributed by atoms with Crippen molar-refractivity contribution in [3.05, 3.63) is 71.3 Å². The zero-order valence-corrected chi connectivity index (χ0v) is 15.5. The normalized spacial score (nSPS) is 11.3. The molecule has 0 aliphatic heterocycles. The first-order valence-electron chi connectivity index (χ1n) is 8.86. The number of benzene rings is 2. The summed E-state index contributed by atoms with van der Waals surface area (Å²) >= 11 is 0. The summed E-state index contributed by atoms with van der Waals surface area (Å²) in [4.78, 5) is 35.5. The summed E-state index contributed by atoms with van der Waals surface area (Å²) in [5.41, 5.74) is 2.65.